The summed E-state index contributed by atoms with van der Waals surface area (Å²) in [7, 11) is 0. The van der Waals surface area contributed by atoms with Crippen LogP contribution in [0, 0.1) is 0 Å². The summed E-state index contributed by atoms with van der Waals surface area (Å²) < 4.78 is 4.94. The van der Waals surface area contributed by atoms with Gasteiger partial charge in [0, 0.05) is 6.08 Å². The van der Waals surface area contributed by atoms with E-state index in [0.29, 0.717) is 12.8 Å². The zero-order valence-electron chi connectivity index (χ0n) is 8.00. The molecule has 0 aliphatic carbocycles. The lowest BCUT2D eigenvalue weighted by Gasteiger charge is -2.20. The van der Waals surface area contributed by atoms with Crippen LogP contribution < -0.4 is 0 Å². The van der Waals surface area contributed by atoms with Gasteiger partial charge in [-0.2, -0.15) is 0 Å². The summed E-state index contributed by atoms with van der Waals surface area (Å²) in [4.78, 5) is 21.3. The number of hydrogen-bond acceptors (Lipinski definition) is 4. The SMILES string of the molecule is O=C(O)/C=C/CC[C@@H]1OC(O)C=CC1=O. The standard InChI is InChI=1S/C10H12O5/c11-7-5-6-10(14)15-8(7)3-1-2-4-9(12)13/h2,4-6,8,10,14H,1,3H2,(H,12,13)/b4-2+/t8-,10?/m0/s1. The fraction of sp³-hybridized carbons (Fsp3) is 0.400. The molecule has 0 saturated carbocycles. The van der Waals surface area contributed by atoms with Gasteiger partial charge in [-0.15, -0.1) is 0 Å². The van der Waals surface area contributed by atoms with Crippen LogP contribution in [0.25, 0.3) is 0 Å². The van der Waals surface area contributed by atoms with Crippen LogP contribution in [-0.4, -0.2) is 34.4 Å². The largest absolute Gasteiger partial charge is 0.478 e. The molecule has 5 heteroatoms. The van der Waals surface area contributed by atoms with Crippen LogP contribution in [0.5, 0.6) is 0 Å². The molecule has 82 valence electrons. The van der Waals surface area contributed by atoms with Gasteiger partial charge >= 0.3 is 5.97 Å². The number of ketones is 1. The maximum Gasteiger partial charge on any atom is 0.327 e. The number of carbonyl (C=O) groups excluding carboxylic acids is 1. The number of carboxylic acids is 1. The molecule has 0 fully saturated rings. The lowest BCUT2D eigenvalue weighted by molar-refractivity contribution is -0.148. The number of aliphatic hydroxyl groups excluding tert-OH is 1. The number of hydrogen-bond donors (Lipinski definition) is 2. The van der Waals surface area contributed by atoms with E-state index in [4.69, 9.17) is 14.9 Å². The molecule has 1 heterocycles. The van der Waals surface area contributed by atoms with Gasteiger partial charge in [-0.05, 0) is 25.0 Å². The fourth-order valence-electron chi connectivity index (χ4n) is 1.21. The number of ether oxygens (including phenoxy) is 1. The van der Waals surface area contributed by atoms with Crippen LogP contribution in [-0.2, 0) is 14.3 Å². The van der Waals surface area contributed by atoms with Crippen molar-refractivity contribution in [2.75, 3.05) is 0 Å². The molecule has 0 saturated heterocycles. The first-order valence-corrected chi connectivity index (χ1v) is 4.54. The minimum atomic E-state index is -1.05. The van der Waals surface area contributed by atoms with E-state index in [1.807, 2.05) is 0 Å². The second kappa shape index (κ2) is 5.43. The van der Waals surface area contributed by atoms with Gasteiger partial charge in [0.15, 0.2) is 12.1 Å². The smallest absolute Gasteiger partial charge is 0.327 e. The van der Waals surface area contributed by atoms with Crippen molar-refractivity contribution in [3.8, 4) is 0 Å². The highest BCUT2D eigenvalue weighted by Gasteiger charge is 2.22. The minimum absolute atomic E-state index is 0.205. The van der Waals surface area contributed by atoms with Crippen molar-refractivity contribution in [3.63, 3.8) is 0 Å². The van der Waals surface area contributed by atoms with Crippen molar-refractivity contribution in [2.24, 2.45) is 0 Å². The van der Waals surface area contributed by atoms with E-state index in [9.17, 15) is 9.59 Å². The van der Waals surface area contributed by atoms with Gasteiger partial charge in [-0.3, -0.25) is 4.79 Å². The summed E-state index contributed by atoms with van der Waals surface area (Å²) in [6.45, 7) is 0. The van der Waals surface area contributed by atoms with E-state index >= 15 is 0 Å². The van der Waals surface area contributed by atoms with Gasteiger partial charge in [-0.1, -0.05) is 6.08 Å². The number of carboxylic acid groups (broad SMARTS) is 1. The first-order chi connectivity index (χ1) is 7.09. The zero-order chi connectivity index (χ0) is 11.3. The summed E-state index contributed by atoms with van der Waals surface area (Å²) in [6, 6.07) is 0. The molecule has 1 unspecified atom stereocenters. The normalized spacial score (nSPS) is 26.1. The summed E-state index contributed by atoms with van der Waals surface area (Å²) >= 11 is 0. The average molecular weight is 212 g/mol. The number of allylic oxidation sites excluding steroid dienone is 1. The third kappa shape index (κ3) is 4.05. The van der Waals surface area contributed by atoms with Gasteiger partial charge in [0.05, 0.1) is 0 Å². The Morgan fingerprint density at radius 2 is 2.33 bits per heavy atom. The highest BCUT2D eigenvalue weighted by atomic mass is 16.6. The van der Waals surface area contributed by atoms with Crippen molar-refractivity contribution >= 4 is 11.8 Å². The van der Waals surface area contributed by atoms with Crippen molar-refractivity contribution < 1.29 is 24.5 Å². The van der Waals surface area contributed by atoms with E-state index in [0.717, 1.165) is 6.08 Å². The Morgan fingerprint density at radius 1 is 1.60 bits per heavy atom. The van der Waals surface area contributed by atoms with Crippen molar-refractivity contribution in [3.05, 3.63) is 24.3 Å². The van der Waals surface area contributed by atoms with E-state index in [1.165, 1.54) is 18.2 Å². The van der Waals surface area contributed by atoms with Gasteiger partial charge in [0.1, 0.15) is 6.10 Å². The molecule has 0 aromatic rings. The Kier molecular flexibility index (Phi) is 4.20. The fourth-order valence-corrected chi connectivity index (χ4v) is 1.21. The molecule has 1 aliphatic heterocycles. The van der Waals surface area contributed by atoms with Crippen LogP contribution in [0.4, 0.5) is 0 Å². The summed E-state index contributed by atoms with van der Waals surface area (Å²) in [5.41, 5.74) is 0. The third-order valence-corrected chi connectivity index (χ3v) is 1.90. The third-order valence-electron chi connectivity index (χ3n) is 1.90. The topological polar surface area (TPSA) is 83.8 Å². The van der Waals surface area contributed by atoms with Crippen LogP contribution in [0.15, 0.2) is 24.3 Å². The Morgan fingerprint density at radius 3 is 3.00 bits per heavy atom. The Labute approximate surface area is 86.7 Å². The summed E-state index contributed by atoms with van der Waals surface area (Å²) in [5.74, 6) is -1.23. The quantitative estimate of drug-likeness (QED) is 0.652. The van der Waals surface area contributed by atoms with Gasteiger partial charge in [0.25, 0.3) is 0 Å². The predicted molar refractivity (Wildman–Crippen MR) is 51.0 cm³/mol. The highest BCUT2D eigenvalue weighted by Crippen LogP contribution is 2.12. The predicted octanol–water partition coefficient (Wildman–Crippen LogP) is 0.250. The molecule has 0 aromatic carbocycles. The average Bonchev–Trinajstić information content (AvgIpc) is 2.17. The second-order valence-electron chi connectivity index (χ2n) is 3.09. The number of aliphatic carboxylic acids is 1. The van der Waals surface area contributed by atoms with Gasteiger partial charge in [0.2, 0.25) is 0 Å². The molecule has 2 atom stereocenters. The van der Waals surface area contributed by atoms with Crippen LogP contribution in [0.2, 0.25) is 0 Å². The molecule has 5 nitrogen and oxygen atoms in total. The first-order valence-electron chi connectivity index (χ1n) is 4.54. The lowest BCUT2D eigenvalue weighted by Crippen LogP contribution is -2.31. The first kappa shape index (κ1) is 11.6. The minimum Gasteiger partial charge on any atom is -0.478 e. The monoisotopic (exact) mass is 212 g/mol. The maximum absolute atomic E-state index is 11.2. The van der Waals surface area contributed by atoms with Crippen LogP contribution >= 0.6 is 0 Å². The lowest BCUT2D eigenvalue weighted by atomic mass is 10.1. The van der Waals surface area contributed by atoms with E-state index in [1.54, 1.807) is 0 Å². The van der Waals surface area contributed by atoms with Gasteiger partial charge in [-0.25, -0.2) is 4.79 Å². The molecule has 0 amide bonds. The maximum atomic E-state index is 11.2. The van der Waals surface area contributed by atoms with Crippen molar-refractivity contribution in [2.45, 2.75) is 25.2 Å². The Balaban J connectivity index is 2.36. The van der Waals surface area contributed by atoms with Crippen LogP contribution in [0.3, 0.4) is 0 Å². The molecule has 2 N–H and O–H groups in total. The number of carbonyl (C=O) groups is 2. The molecule has 1 aliphatic rings. The van der Waals surface area contributed by atoms with E-state index in [-0.39, 0.29) is 5.78 Å². The highest BCUT2D eigenvalue weighted by molar-refractivity contribution is 5.94. The Bertz CT molecular complexity index is 305. The molecular weight excluding hydrogens is 200 g/mol. The molecule has 1 rings (SSSR count). The molecule has 0 spiro atoms. The summed E-state index contributed by atoms with van der Waals surface area (Å²) in [6.07, 6.45) is 4.07. The number of aliphatic hydroxyl groups is 1. The second-order valence-corrected chi connectivity index (χ2v) is 3.09. The number of rotatable bonds is 4. The molecule has 0 aromatic heterocycles. The van der Waals surface area contributed by atoms with Crippen LogP contribution in [0.1, 0.15) is 12.8 Å². The molecular formula is C10H12O5. The van der Waals surface area contributed by atoms with E-state index < -0.39 is 18.4 Å². The molecule has 15 heavy (non-hydrogen) atoms. The molecule has 0 bridgehead atoms. The van der Waals surface area contributed by atoms with Crippen molar-refractivity contribution in [1.29, 1.82) is 0 Å². The van der Waals surface area contributed by atoms with Crippen molar-refractivity contribution in [1.82, 2.24) is 0 Å². The van der Waals surface area contributed by atoms with E-state index in [2.05, 4.69) is 0 Å². The molecule has 0 radical (unpaired) electrons. The zero-order valence-corrected chi connectivity index (χ0v) is 8.00. The van der Waals surface area contributed by atoms with Gasteiger partial charge < -0.3 is 14.9 Å². The summed E-state index contributed by atoms with van der Waals surface area (Å²) in [5, 5.41) is 17.4. The Hall–Kier alpha value is -1.46.